The van der Waals surface area contributed by atoms with Crippen LogP contribution in [-0.4, -0.2) is 30.4 Å². The lowest BCUT2D eigenvalue weighted by Crippen LogP contribution is -2.57. The van der Waals surface area contributed by atoms with Crippen LogP contribution >= 0.6 is 15.9 Å². The molecule has 1 atom stereocenters. The Morgan fingerprint density at radius 2 is 1.68 bits per heavy atom. The third-order valence-electron chi connectivity index (χ3n) is 4.40. The summed E-state index contributed by atoms with van der Waals surface area (Å²) in [5.74, 6) is -2.06. The Bertz CT molecular complexity index is 967. The van der Waals surface area contributed by atoms with Gasteiger partial charge in [-0.05, 0) is 54.9 Å². The number of halogens is 1. The zero-order valence-electron chi connectivity index (χ0n) is 16.1. The Morgan fingerprint density at radius 1 is 1.07 bits per heavy atom. The van der Waals surface area contributed by atoms with Gasteiger partial charge < -0.3 is 15.0 Å². The van der Waals surface area contributed by atoms with Gasteiger partial charge in [0.2, 0.25) is 0 Å². The number of rotatable bonds is 3. The van der Waals surface area contributed by atoms with Gasteiger partial charge in [-0.3, -0.25) is 9.59 Å². The number of carbonyl (C=O) groups is 3. The molecule has 0 radical (unpaired) electrons. The highest BCUT2D eigenvalue weighted by Gasteiger charge is 2.59. The van der Waals surface area contributed by atoms with E-state index >= 15 is 0 Å². The van der Waals surface area contributed by atoms with Gasteiger partial charge in [0.25, 0.3) is 17.4 Å². The average Bonchev–Trinajstić information content (AvgIpc) is 2.84. The molecule has 1 unspecified atom stereocenters. The number of fused-ring (bicyclic) bond motifs is 1. The summed E-state index contributed by atoms with van der Waals surface area (Å²) < 4.78 is 6.22. The van der Waals surface area contributed by atoms with Gasteiger partial charge in [-0.25, -0.2) is 4.79 Å². The average molecular weight is 445 g/mol. The second-order valence-electron chi connectivity index (χ2n) is 7.64. The van der Waals surface area contributed by atoms with E-state index in [1.165, 1.54) is 4.90 Å². The summed E-state index contributed by atoms with van der Waals surface area (Å²) in [5, 5.41) is 2.79. The van der Waals surface area contributed by atoms with E-state index in [0.717, 1.165) is 0 Å². The van der Waals surface area contributed by atoms with Crippen LogP contribution in [-0.2, 0) is 19.9 Å². The topological polar surface area (TPSA) is 75.7 Å². The van der Waals surface area contributed by atoms with Crippen molar-refractivity contribution in [1.82, 2.24) is 5.32 Å². The van der Waals surface area contributed by atoms with Crippen molar-refractivity contribution >= 4 is 39.4 Å². The largest absolute Gasteiger partial charge is 0.430 e. The number of para-hydroxylation sites is 1. The molecule has 2 amide bonds. The first-order chi connectivity index (χ1) is 13.1. The molecule has 0 saturated heterocycles. The highest BCUT2D eigenvalue weighted by Crippen LogP contribution is 2.43. The van der Waals surface area contributed by atoms with Crippen LogP contribution in [0.3, 0.4) is 0 Å². The number of carbonyl (C=O) groups excluding carboxylic acids is 3. The maximum absolute atomic E-state index is 13.3. The third-order valence-corrected chi connectivity index (χ3v) is 5.09. The molecule has 0 spiro atoms. The Labute approximate surface area is 172 Å². The Hall–Kier alpha value is -2.67. The van der Waals surface area contributed by atoms with Crippen molar-refractivity contribution < 1.29 is 19.1 Å². The van der Waals surface area contributed by atoms with Crippen molar-refractivity contribution in [2.45, 2.75) is 31.9 Å². The fourth-order valence-corrected chi connectivity index (χ4v) is 3.59. The van der Waals surface area contributed by atoms with E-state index in [2.05, 4.69) is 21.2 Å². The number of anilines is 1. The van der Waals surface area contributed by atoms with Crippen LogP contribution in [0.15, 0.2) is 53.0 Å². The lowest BCUT2D eigenvalue weighted by atomic mass is 9.92. The Kier molecular flexibility index (Phi) is 5.06. The number of esters is 1. The SMILES string of the molecule is CN1C(=O)C(OC(=O)c2ccccc2Br)(C(=O)NC(C)(C)C)c2ccccc21. The zero-order chi connectivity index (χ0) is 20.7. The van der Waals surface area contributed by atoms with Crippen LogP contribution in [0.4, 0.5) is 5.69 Å². The number of hydrogen-bond acceptors (Lipinski definition) is 4. The Morgan fingerprint density at radius 3 is 2.32 bits per heavy atom. The molecule has 1 N–H and O–H groups in total. The predicted molar refractivity (Wildman–Crippen MR) is 109 cm³/mol. The molecule has 0 bridgehead atoms. The number of amides is 2. The van der Waals surface area contributed by atoms with Crippen molar-refractivity contribution in [1.29, 1.82) is 0 Å². The minimum atomic E-state index is -2.09. The molecule has 0 aromatic heterocycles. The molecule has 3 rings (SSSR count). The molecule has 1 aliphatic rings. The van der Waals surface area contributed by atoms with Gasteiger partial charge >= 0.3 is 5.97 Å². The second-order valence-corrected chi connectivity index (χ2v) is 8.49. The van der Waals surface area contributed by atoms with E-state index in [-0.39, 0.29) is 5.56 Å². The quantitative estimate of drug-likeness (QED) is 0.581. The number of hydrogen-bond donors (Lipinski definition) is 1. The molecule has 1 aliphatic heterocycles. The summed E-state index contributed by atoms with van der Waals surface area (Å²) >= 11 is 3.31. The van der Waals surface area contributed by atoms with Crippen molar-refractivity contribution in [3.05, 3.63) is 64.1 Å². The van der Waals surface area contributed by atoms with Crippen molar-refractivity contribution in [3.8, 4) is 0 Å². The second kappa shape index (κ2) is 7.05. The van der Waals surface area contributed by atoms with Gasteiger partial charge in [-0.15, -0.1) is 0 Å². The molecule has 6 nitrogen and oxygen atoms in total. The number of likely N-dealkylation sites (N-methyl/N-ethyl adjacent to an activating group) is 1. The van der Waals surface area contributed by atoms with Crippen molar-refractivity contribution in [2.75, 3.05) is 11.9 Å². The molecule has 0 saturated carbocycles. The van der Waals surface area contributed by atoms with E-state index in [9.17, 15) is 14.4 Å². The van der Waals surface area contributed by atoms with Crippen LogP contribution < -0.4 is 10.2 Å². The van der Waals surface area contributed by atoms with Gasteiger partial charge in [-0.1, -0.05) is 30.3 Å². The predicted octanol–water partition coefficient (Wildman–Crippen LogP) is 3.39. The van der Waals surface area contributed by atoms with Crippen LogP contribution in [0.5, 0.6) is 0 Å². The molecule has 28 heavy (non-hydrogen) atoms. The summed E-state index contributed by atoms with van der Waals surface area (Å²) in [6, 6.07) is 13.5. The fourth-order valence-electron chi connectivity index (χ4n) is 3.14. The molecule has 7 heteroatoms. The molecule has 2 aromatic rings. The van der Waals surface area contributed by atoms with Gasteiger partial charge in [0.05, 0.1) is 11.3 Å². The zero-order valence-corrected chi connectivity index (χ0v) is 17.7. The van der Waals surface area contributed by atoms with E-state index in [0.29, 0.717) is 15.7 Å². The van der Waals surface area contributed by atoms with E-state index in [4.69, 9.17) is 4.74 Å². The minimum Gasteiger partial charge on any atom is -0.430 e. The molecule has 2 aromatic carbocycles. The van der Waals surface area contributed by atoms with Crippen LogP contribution in [0, 0.1) is 0 Å². The number of benzene rings is 2. The fraction of sp³-hybridized carbons (Fsp3) is 0.286. The van der Waals surface area contributed by atoms with Crippen molar-refractivity contribution in [3.63, 3.8) is 0 Å². The molecule has 0 aliphatic carbocycles. The first kappa shape index (κ1) is 20.1. The maximum atomic E-state index is 13.3. The molecular weight excluding hydrogens is 424 g/mol. The third kappa shape index (κ3) is 3.30. The highest BCUT2D eigenvalue weighted by molar-refractivity contribution is 9.10. The summed E-state index contributed by atoms with van der Waals surface area (Å²) in [6.07, 6.45) is 0. The smallest absolute Gasteiger partial charge is 0.341 e. The highest BCUT2D eigenvalue weighted by atomic mass is 79.9. The first-order valence-corrected chi connectivity index (χ1v) is 9.55. The van der Waals surface area contributed by atoms with E-state index in [1.54, 1.807) is 76.3 Å². The lowest BCUT2D eigenvalue weighted by molar-refractivity contribution is -0.153. The summed E-state index contributed by atoms with van der Waals surface area (Å²) in [7, 11) is 1.56. The van der Waals surface area contributed by atoms with Gasteiger partial charge in [0.15, 0.2) is 0 Å². The van der Waals surface area contributed by atoms with E-state index in [1.807, 2.05) is 0 Å². The monoisotopic (exact) mass is 444 g/mol. The minimum absolute atomic E-state index is 0.227. The summed E-state index contributed by atoms with van der Waals surface area (Å²) in [6.45, 7) is 5.38. The van der Waals surface area contributed by atoms with Gasteiger partial charge in [-0.2, -0.15) is 0 Å². The maximum Gasteiger partial charge on any atom is 0.341 e. The lowest BCUT2D eigenvalue weighted by Gasteiger charge is -2.31. The molecular formula is C21H21BrN2O4. The molecule has 0 fully saturated rings. The number of nitrogens with zero attached hydrogens (tertiary/aromatic N) is 1. The standard InChI is InChI=1S/C21H21BrN2O4/c1-20(2,3)23-18(26)21(28-17(25)13-9-5-7-11-15(13)22)14-10-6-8-12-16(14)24(4)19(21)27/h5-12H,1-4H3,(H,23,26). The molecule has 1 heterocycles. The molecule has 146 valence electrons. The van der Waals surface area contributed by atoms with Gasteiger partial charge in [0, 0.05) is 22.6 Å². The van der Waals surface area contributed by atoms with Gasteiger partial charge in [0.1, 0.15) is 0 Å². The normalized spacial score (nSPS) is 18.6. The summed E-state index contributed by atoms with van der Waals surface area (Å²) in [5.41, 5.74) is -1.63. The Balaban J connectivity index is 2.14. The number of nitrogens with one attached hydrogen (secondary N) is 1. The number of ether oxygens (including phenoxy) is 1. The van der Waals surface area contributed by atoms with Crippen LogP contribution in [0.25, 0.3) is 0 Å². The van der Waals surface area contributed by atoms with Crippen molar-refractivity contribution in [2.24, 2.45) is 0 Å². The van der Waals surface area contributed by atoms with Crippen LogP contribution in [0.1, 0.15) is 36.7 Å². The van der Waals surface area contributed by atoms with E-state index < -0.39 is 28.9 Å². The van der Waals surface area contributed by atoms with Crippen LogP contribution in [0.2, 0.25) is 0 Å². The first-order valence-electron chi connectivity index (χ1n) is 8.76. The summed E-state index contributed by atoms with van der Waals surface area (Å²) in [4.78, 5) is 40.8.